The van der Waals surface area contributed by atoms with Gasteiger partial charge in [-0.05, 0) is 31.7 Å². The first-order valence-electron chi connectivity index (χ1n) is 6.51. The summed E-state index contributed by atoms with van der Waals surface area (Å²) in [5.41, 5.74) is 7.89. The fraction of sp³-hybridized carbons (Fsp3) is 0.500. The molecule has 1 heterocycles. The minimum Gasteiger partial charge on any atom is -0.398 e. The van der Waals surface area contributed by atoms with Crippen LogP contribution in [0.3, 0.4) is 0 Å². The molecule has 0 spiro atoms. The maximum atomic E-state index is 12.1. The first kappa shape index (κ1) is 13.8. The molecule has 1 aromatic rings. The number of nitrogens with one attached hydrogen (secondary N) is 1. The maximum Gasteiger partial charge on any atom is 0.251 e. The van der Waals surface area contributed by atoms with E-state index in [1.165, 1.54) is 0 Å². The van der Waals surface area contributed by atoms with Crippen LogP contribution < -0.4 is 11.1 Å². The van der Waals surface area contributed by atoms with Crippen molar-refractivity contribution in [3.8, 4) is 0 Å². The van der Waals surface area contributed by atoms with Crippen molar-refractivity contribution in [1.82, 2.24) is 10.2 Å². The zero-order chi connectivity index (χ0) is 13.8. The average molecular weight is 263 g/mol. The van der Waals surface area contributed by atoms with Gasteiger partial charge in [0, 0.05) is 30.9 Å². The molecule has 1 fully saturated rings. The fourth-order valence-corrected chi connectivity index (χ4v) is 2.19. The van der Waals surface area contributed by atoms with Crippen molar-refractivity contribution in [2.75, 3.05) is 39.0 Å². The molecule has 1 aliphatic heterocycles. The van der Waals surface area contributed by atoms with E-state index in [4.69, 9.17) is 10.5 Å². The van der Waals surface area contributed by atoms with Crippen molar-refractivity contribution in [1.29, 1.82) is 0 Å². The van der Waals surface area contributed by atoms with Crippen LogP contribution in [-0.2, 0) is 4.74 Å². The average Bonchev–Trinajstić information content (AvgIpc) is 2.39. The fourth-order valence-electron chi connectivity index (χ4n) is 2.19. The van der Waals surface area contributed by atoms with Crippen LogP contribution in [0.15, 0.2) is 18.2 Å². The zero-order valence-corrected chi connectivity index (χ0v) is 11.5. The van der Waals surface area contributed by atoms with E-state index in [2.05, 4.69) is 17.3 Å². The molecule has 1 atom stereocenters. The molecular weight excluding hydrogens is 242 g/mol. The Bertz CT molecular complexity index is 462. The van der Waals surface area contributed by atoms with Crippen LogP contribution in [0.1, 0.15) is 15.9 Å². The number of amides is 1. The molecule has 0 aliphatic carbocycles. The second kappa shape index (κ2) is 6.04. The van der Waals surface area contributed by atoms with Crippen molar-refractivity contribution in [3.63, 3.8) is 0 Å². The van der Waals surface area contributed by atoms with Crippen LogP contribution in [-0.4, -0.2) is 50.2 Å². The molecule has 1 aliphatic rings. The molecule has 1 aromatic carbocycles. The lowest BCUT2D eigenvalue weighted by Crippen LogP contribution is -2.46. The van der Waals surface area contributed by atoms with Gasteiger partial charge < -0.3 is 20.7 Å². The van der Waals surface area contributed by atoms with Crippen molar-refractivity contribution in [3.05, 3.63) is 29.3 Å². The lowest BCUT2D eigenvalue weighted by Gasteiger charge is -2.30. The van der Waals surface area contributed by atoms with Gasteiger partial charge in [0.05, 0.1) is 12.7 Å². The van der Waals surface area contributed by atoms with E-state index < -0.39 is 0 Å². The number of rotatable bonds is 3. The van der Waals surface area contributed by atoms with Gasteiger partial charge in [0.15, 0.2) is 0 Å². The SMILES string of the molecule is Cc1c(N)cccc1C(=O)NCC1CN(C)CCO1. The summed E-state index contributed by atoms with van der Waals surface area (Å²) in [5.74, 6) is -0.0957. The standard InChI is InChI=1S/C14H21N3O2/c1-10-12(4-3-5-13(10)15)14(18)16-8-11-9-17(2)6-7-19-11/h3-5,11H,6-9,15H2,1-2H3,(H,16,18). The topological polar surface area (TPSA) is 67.6 Å². The van der Waals surface area contributed by atoms with Gasteiger partial charge in [-0.2, -0.15) is 0 Å². The summed E-state index contributed by atoms with van der Waals surface area (Å²) in [6.45, 7) is 4.88. The Labute approximate surface area is 113 Å². The highest BCUT2D eigenvalue weighted by atomic mass is 16.5. The molecule has 0 saturated carbocycles. The van der Waals surface area contributed by atoms with Gasteiger partial charge >= 0.3 is 0 Å². The van der Waals surface area contributed by atoms with Crippen molar-refractivity contribution < 1.29 is 9.53 Å². The molecule has 0 bridgehead atoms. The molecule has 0 radical (unpaired) electrons. The summed E-state index contributed by atoms with van der Waals surface area (Å²) in [6, 6.07) is 5.38. The summed E-state index contributed by atoms with van der Waals surface area (Å²) in [6.07, 6.45) is 0.0593. The van der Waals surface area contributed by atoms with E-state index in [1.54, 1.807) is 18.2 Å². The number of nitrogens with two attached hydrogens (primary N) is 1. The highest BCUT2D eigenvalue weighted by Crippen LogP contribution is 2.15. The van der Waals surface area contributed by atoms with Gasteiger partial charge in [0.2, 0.25) is 0 Å². The Balaban J connectivity index is 1.92. The number of likely N-dealkylation sites (N-methyl/N-ethyl adjacent to an activating group) is 1. The third kappa shape index (κ3) is 3.45. The van der Waals surface area contributed by atoms with Crippen LogP contribution in [0.25, 0.3) is 0 Å². The lowest BCUT2D eigenvalue weighted by molar-refractivity contribution is -0.0175. The van der Waals surface area contributed by atoms with Crippen LogP contribution in [0.5, 0.6) is 0 Å². The van der Waals surface area contributed by atoms with Crippen LogP contribution >= 0.6 is 0 Å². The minimum atomic E-state index is -0.0957. The number of carbonyl (C=O) groups is 1. The Morgan fingerprint density at radius 2 is 2.37 bits per heavy atom. The number of morpholine rings is 1. The number of carbonyl (C=O) groups excluding carboxylic acids is 1. The molecule has 104 valence electrons. The number of nitrogen functional groups attached to an aromatic ring is 1. The van der Waals surface area contributed by atoms with Gasteiger partial charge in [-0.15, -0.1) is 0 Å². The van der Waals surface area contributed by atoms with E-state index >= 15 is 0 Å². The van der Waals surface area contributed by atoms with E-state index in [0.717, 1.165) is 18.7 Å². The normalized spacial score (nSPS) is 20.2. The number of nitrogens with zero attached hydrogens (tertiary/aromatic N) is 1. The number of ether oxygens (including phenoxy) is 1. The Kier molecular flexibility index (Phi) is 4.39. The van der Waals surface area contributed by atoms with Crippen LogP contribution in [0, 0.1) is 6.92 Å². The smallest absolute Gasteiger partial charge is 0.251 e. The molecule has 1 unspecified atom stereocenters. The summed E-state index contributed by atoms with van der Waals surface area (Å²) in [5, 5.41) is 2.91. The quantitative estimate of drug-likeness (QED) is 0.785. The van der Waals surface area contributed by atoms with Gasteiger partial charge in [-0.1, -0.05) is 6.07 Å². The predicted octanol–water partition coefficient (Wildman–Crippen LogP) is 0.638. The monoisotopic (exact) mass is 263 g/mol. The van der Waals surface area contributed by atoms with Gasteiger partial charge in [-0.25, -0.2) is 0 Å². The zero-order valence-electron chi connectivity index (χ0n) is 11.5. The Morgan fingerprint density at radius 1 is 1.58 bits per heavy atom. The van der Waals surface area contributed by atoms with Crippen molar-refractivity contribution in [2.24, 2.45) is 0 Å². The molecule has 19 heavy (non-hydrogen) atoms. The largest absolute Gasteiger partial charge is 0.398 e. The molecule has 2 rings (SSSR count). The van der Waals surface area contributed by atoms with Crippen molar-refractivity contribution in [2.45, 2.75) is 13.0 Å². The molecule has 3 N–H and O–H groups in total. The Hall–Kier alpha value is -1.59. The third-order valence-corrected chi connectivity index (χ3v) is 3.45. The third-order valence-electron chi connectivity index (χ3n) is 3.45. The van der Waals surface area contributed by atoms with E-state index in [9.17, 15) is 4.79 Å². The molecule has 1 amide bonds. The van der Waals surface area contributed by atoms with E-state index in [0.29, 0.717) is 24.4 Å². The van der Waals surface area contributed by atoms with Crippen LogP contribution in [0.4, 0.5) is 5.69 Å². The summed E-state index contributed by atoms with van der Waals surface area (Å²) < 4.78 is 5.61. The van der Waals surface area contributed by atoms with Gasteiger partial charge in [0.1, 0.15) is 0 Å². The van der Waals surface area contributed by atoms with Crippen LogP contribution in [0.2, 0.25) is 0 Å². The first-order chi connectivity index (χ1) is 9.08. The minimum absolute atomic E-state index is 0.0593. The van der Waals surface area contributed by atoms with Gasteiger partial charge in [0.25, 0.3) is 5.91 Å². The number of hydrogen-bond acceptors (Lipinski definition) is 4. The number of hydrogen-bond donors (Lipinski definition) is 2. The first-order valence-corrected chi connectivity index (χ1v) is 6.51. The van der Waals surface area contributed by atoms with Gasteiger partial charge in [-0.3, -0.25) is 4.79 Å². The van der Waals surface area contributed by atoms with E-state index in [-0.39, 0.29) is 12.0 Å². The highest BCUT2D eigenvalue weighted by molar-refractivity contribution is 5.96. The van der Waals surface area contributed by atoms with Crippen molar-refractivity contribution >= 4 is 11.6 Å². The molecule has 5 nitrogen and oxygen atoms in total. The summed E-state index contributed by atoms with van der Waals surface area (Å²) in [7, 11) is 2.05. The highest BCUT2D eigenvalue weighted by Gasteiger charge is 2.19. The predicted molar refractivity (Wildman–Crippen MR) is 75.2 cm³/mol. The molecule has 5 heteroatoms. The number of anilines is 1. The maximum absolute atomic E-state index is 12.1. The Morgan fingerprint density at radius 3 is 3.11 bits per heavy atom. The molecule has 0 aromatic heterocycles. The second-order valence-corrected chi connectivity index (χ2v) is 4.98. The summed E-state index contributed by atoms with van der Waals surface area (Å²) >= 11 is 0. The second-order valence-electron chi connectivity index (χ2n) is 4.98. The molecular formula is C14H21N3O2. The lowest BCUT2D eigenvalue weighted by atomic mass is 10.1. The van der Waals surface area contributed by atoms with E-state index in [1.807, 2.05) is 6.92 Å². The summed E-state index contributed by atoms with van der Waals surface area (Å²) in [4.78, 5) is 14.3. The molecule has 1 saturated heterocycles. The number of benzene rings is 1.